The van der Waals surface area contributed by atoms with E-state index < -0.39 is 0 Å². The minimum absolute atomic E-state index is 0.0230. The first-order chi connectivity index (χ1) is 7.28. The Morgan fingerprint density at radius 2 is 1.94 bits per heavy atom. The Morgan fingerprint density at radius 3 is 2.44 bits per heavy atom. The van der Waals surface area contributed by atoms with Crippen molar-refractivity contribution in [3.63, 3.8) is 0 Å². The zero-order chi connectivity index (χ0) is 12.3. The van der Waals surface area contributed by atoms with E-state index in [1.54, 1.807) is 0 Å². The van der Waals surface area contributed by atoms with E-state index in [0.29, 0.717) is 0 Å². The molecule has 0 spiro atoms. The molecular formula is C12H14Br2ClN. The van der Waals surface area contributed by atoms with Gasteiger partial charge in [-0.05, 0) is 76.9 Å². The van der Waals surface area contributed by atoms with Crippen molar-refractivity contribution in [3.8, 4) is 0 Å². The van der Waals surface area contributed by atoms with Gasteiger partial charge < -0.3 is 5.32 Å². The van der Waals surface area contributed by atoms with Gasteiger partial charge in [0.05, 0.1) is 3.39 Å². The van der Waals surface area contributed by atoms with E-state index in [-0.39, 0.29) is 5.54 Å². The van der Waals surface area contributed by atoms with Crippen molar-refractivity contribution in [2.24, 2.45) is 0 Å². The molecule has 0 heterocycles. The van der Waals surface area contributed by atoms with Crippen LogP contribution in [-0.4, -0.2) is 5.54 Å². The summed E-state index contributed by atoms with van der Waals surface area (Å²) in [7, 11) is 0. The highest BCUT2D eigenvalue weighted by Crippen LogP contribution is 2.28. The maximum atomic E-state index is 5.98. The van der Waals surface area contributed by atoms with E-state index in [1.807, 2.05) is 24.3 Å². The molecule has 1 rings (SSSR count). The fourth-order valence-electron chi connectivity index (χ4n) is 1.29. The molecule has 1 aromatic carbocycles. The third kappa shape index (κ3) is 4.89. The summed E-state index contributed by atoms with van der Waals surface area (Å²) in [4.78, 5) is 0. The summed E-state index contributed by atoms with van der Waals surface area (Å²) in [5.41, 5.74) is 2.13. The Morgan fingerprint density at radius 1 is 1.31 bits per heavy atom. The molecule has 0 aliphatic rings. The van der Waals surface area contributed by atoms with Gasteiger partial charge in [-0.25, -0.2) is 0 Å². The Bertz CT molecular complexity index is 404. The normalized spacial score (nSPS) is 11.1. The zero-order valence-electron chi connectivity index (χ0n) is 9.44. The third-order valence-electron chi connectivity index (χ3n) is 1.79. The van der Waals surface area contributed by atoms with E-state index in [1.165, 1.54) is 0 Å². The van der Waals surface area contributed by atoms with E-state index in [2.05, 4.69) is 57.9 Å². The fourth-order valence-corrected chi connectivity index (χ4v) is 1.96. The van der Waals surface area contributed by atoms with Gasteiger partial charge in [-0.2, -0.15) is 0 Å². The van der Waals surface area contributed by atoms with Crippen LogP contribution in [0.25, 0.3) is 6.08 Å². The lowest BCUT2D eigenvalue weighted by atomic mass is 10.1. The second kappa shape index (κ2) is 5.56. The first-order valence-corrected chi connectivity index (χ1v) is 6.85. The molecule has 0 aromatic heterocycles. The van der Waals surface area contributed by atoms with Gasteiger partial charge in [0.2, 0.25) is 0 Å². The molecule has 0 aliphatic heterocycles. The molecule has 1 N–H and O–H groups in total. The minimum atomic E-state index is 0.0230. The number of nitrogens with one attached hydrogen (secondary N) is 1. The first kappa shape index (κ1) is 14.1. The lowest BCUT2D eigenvalue weighted by molar-refractivity contribution is 0.634. The summed E-state index contributed by atoms with van der Waals surface area (Å²) in [5, 5.41) is 4.17. The van der Waals surface area contributed by atoms with Crippen molar-refractivity contribution < 1.29 is 0 Å². The van der Waals surface area contributed by atoms with Gasteiger partial charge in [0.15, 0.2) is 0 Å². The maximum absolute atomic E-state index is 5.98. The number of halogens is 3. The lowest BCUT2D eigenvalue weighted by Gasteiger charge is -2.23. The largest absolute Gasteiger partial charge is 0.380 e. The topological polar surface area (TPSA) is 12.0 Å². The molecule has 1 nitrogen and oxygen atoms in total. The van der Waals surface area contributed by atoms with Gasteiger partial charge in [-0.3, -0.25) is 0 Å². The summed E-state index contributed by atoms with van der Waals surface area (Å²) in [5.74, 6) is 0. The van der Waals surface area contributed by atoms with Gasteiger partial charge in [0.1, 0.15) is 0 Å². The van der Waals surface area contributed by atoms with E-state index in [4.69, 9.17) is 11.6 Å². The summed E-state index contributed by atoms with van der Waals surface area (Å²) >= 11 is 12.7. The fraction of sp³-hybridized carbons (Fsp3) is 0.333. The molecule has 0 aliphatic carbocycles. The van der Waals surface area contributed by atoms with Crippen LogP contribution in [-0.2, 0) is 0 Å². The maximum Gasteiger partial charge on any atom is 0.0610 e. The van der Waals surface area contributed by atoms with E-state index in [0.717, 1.165) is 19.7 Å². The number of rotatable bonds is 2. The second-order valence-corrected chi connectivity index (χ2v) is 7.75. The molecule has 1 aromatic rings. The van der Waals surface area contributed by atoms with Crippen LogP contribution in [0.3, 0.4) is 0 Å². The molecule has 0 amide bonds. The van der Waals surface area contributed by atoms with Gasteiger partial charge >= 0.3 is 0 Å². The van der Waals surface area contributed by atoms with Gasteiger partial charge in [0, 0.05) is 21.8 Å². The molecule has 0 saturated heterocycles. The molecular weight excluding hydrogens is 353 g/mol. The summed E-state index contributed by atoms with van der Waals surface area (Å²) in [6, 6.07) is 5.80. The van der Waals surface area contributed by atoms with Gasteiger partial charge in [-0.15, -0.1) is 0 Å². The van der Waals surface area contributed by atoms with Crippen LogP contribution >= 0.6 is 43.5 Å². The van der Waals surface area contributed by atoms with E-state index >= 15 is 0 Å². The molecule has 0 fully saturated rings. The molecule has 4 heteroatoms. The van der Waals surface area contributed by atoms with Crippen molar-refractivity contribution in [2.75, 3.05) is 5.32 Å². The zero-order valence-corrected chi connectivity index (χ0v) is 13.4. The molecule has 88 valence electrons. The molecule has 0 bridgehead atoms. The molecule has 0 saturated carbocycles. The number of benzene rings is 1. The van der Waals surface area contributed by atoms with Gasteiger partial charge in [-0.1, -0.05) is 11.6 Å². The van der Waals surface area contributed by atoms with Crippen LogP contribution in [0, 0.1) is 0 Å². The molecule has 0 unspecified atom stereocenters. The van der Waals surface area contributed by atoms with Crippen LogP contribution in [0.4, 0.5) is 5.69 Å². The first-order valence-electron chi connectivity index (χ1n) is 4.88. The standard InChI is InChI=1S/C12H14Br2ClN/c1-12(2,3)16-10-5-4-9(15)6-8(10)7-11(13)14/h4-7,16H,1-3H3. The minimum Gasteiger partial charge on any atom is -0.380 e. The smallest absolute Gasteiger partial charge is 0.0610 e. The second-order valence-electron chi connectivity index (χ2n) is 4.54. The molecule has 16 heavy (non-hydrogen) atoms. The third-order valence-corrected chi connectivity index (χ3v) is 2.48. The van der Waals surface area contributed by atoms with Crippen LogP contribution in [0.2, 0.25) is 5.02 Å². The Kier molecular flexibility index (Phi) is 4.89. The van der Waals surface area contributed by atoms with Crippen molar-refractivity contribution in [1.29, 1.82) is 0 Å². The summed E-state index contributed by atoms with van der Waals surface area (Å²) in [6.45, 7) is 6.37. The Balaban J connectivity index is 3.13. The van der Waals surface area contributed by atoms with Crippen LogP contribution in [0.15, 0.2) is 21.6 Å². The SMILES string of the molecule is CC(C)(C)Nc1ccc(Cl)cc1C=C(Br)Br. The Hall–Kier alpha value is 0.01000. The van der Waals surface area contributed by atoms with Crippen molar-refractivity contribution in [1.82, 2.24) is 0 Å². The van der Waals surface area contributed by atoms with Crippen molar-refractivity contribution in [3.05, 3.63) is 32.2 Å². The molecule has 0 atom stereocenters. The summed E-state index contributed by atoms with van der Waals surface area (Å²) < 4.78 is 0.888. The van der Waals surface area contributed by atoms with E-state index in [9.17, 15) is 0 Å². The average Bonchev–Trinajstić information content (AvgIpc) is 2.06. The van der Waals surface area contributed by atoms with Crippen LogP contribution in [0.1, 0.15) is 26.3 Å². The van der Waals surface area contributed by atoms with Gasteiger partial charge in [0.25, 0.3) is 0 Å². The van der Waals surface area contributed by atoms with Crippen molar-refractivity contribution in [2.45, 2.75) is 26.3 Å². The highest BCUT2D eigenvalue weighted by atomic mass is 79.9. The Labute approximate surface area is 119 Å². The van der Waals surface area contributed by atoms with Crippen LogP contribution in [0.5, 0.6) is 0 Å². The van der Waals surface area contributed by atoms with Crippen molar-refractivity contribution >= 4 is 55.2 Å². The monoisotopic (exact) mass is 365 g/mol. The highest BCUT2D eigenvalue weighted by molar-refractivity contribution is 9.28. The summed E-state index contributed by atoms with van der Waals surface area (Å²) in [6.07, 6.45) is 1.97. The average molecular weight is 368 g/mol. The predicted molar refractivity (Wildman–Crippen MR) is 80.7 cm³/mol. The number of hydrogen-bond donors (Lipinski definition) is 1. The highest BCUT2D eigenvalue weighted by Gasteiger charge is 2.11. The van der Waals surface area contributed by atoms with Crippen LogP contribution < -0.4 is 5.32 Å². The lowest BCUT2D eigenvalue weighted by Crippen LogP contribution is -2.26. The predicted octanol–water partition coefficient (Wildman–Crippen LogP) is 5.64. The molecule has 0 radical (unpaired) electrons. The quantitative estimate of drug-likeness (QED) is 0.713. The number of hydrogen-bond acceptors (Lipinski definition) is 1. The number of anilines is 1.